The molecule has 0 aliphatic carbocycles. The third-order valence-electron chi connectivity index (χ3n) is 2.05. The Balaban J connectivity index is 2.65. The number of thioether (sulfide) groups is 1. The van der Waals surface area contributed by atoms with Crippen molar-refractivity contribution in [1.82, 2.24) is 4.98 Å². The van der Waals surface area contributed by atoms with Crippen molar-refractivity contribution in [2.24, 2.45) is 0 Å². The van der Waals surface area contributed by atoms with Crippen LogP contribution in [0.2, 0.25) is 5.02 Å². The summed E-state index contributed by atoms with van der Waals surface area (Å²) in [5.41, 5.74) is 0. The van der Waals surface area contributed by atoms with E-state index in [1.807, 2.05) is 25.1 Å². The minimum atomic E-state index is -0.212. The van der Waals surface area contributed by atoms with Gasteiger partial charge in [-0.2, -0.15) is 0 Å². The number of carbonyl (C=O) groups is 1. The van der Waals surface area contributed by atoms with Gasteiger partial charge < -0.3 is 9.64 Å². The minimum Gasteiger partial charge on any atom is -0.469 e. The summed E-state index contributed by atoms with van der Waals surface area (Å²) in [6.45, 7) is 0. The lowest BCUT2D eigenvalue weighted by Crippen LogP contribution is -2.11. The molecule has 0 aliphatic rings. The van der Waals surface area contributed by atoms with Gasteiger partial charge in [0.05, 0.1) is 18.6 Å². The average molecular weight is 275 g/mol. The largest absolute Gasteiger partial charge is 0.469 e. The van der Waals surface area contributed by atoms with Gasteiger partial charge in [-0.25, -0.2) is 4.98 Å². The molecule has 0 atom stereocenters. The van der Waals surface area contributed by atoms with E-state index in [0.29, 0.717) is 17.2 Å². The predicted molar refractivity (Wildman–Crippen MR) is 70.9 cm³/mol. The highest BCUT2D eigenvalue weighted by atomic mass is 35.5. The molecule has 0 fully saturated rings. The molecule has 0 N–H and O–H groups in total. The maximum Gasteiger partial charge on any atom is 0.306 e. The highest BCUT2D eigenvalue weighted by Crippen LogP contribution is 2.32. The average Bonchev–Trinajstić information content (AvgIpc) is 2.30. The van der Waals surface area contributed by atoms with Crippen LogP contribution in [0.25, 0.3) is 0 Å². The molecule has 1 aromatic heterocycles. The van der Waals surface area contributed by atoms with Crippen LogP contribution < -0.4 is 4.90 Å². The van der Waals surface area contributed by atoms with E-state index in [2.05, 4.69) is 9.72 Å². The van der Waals surface area contributed by atoms with Crippen LogP contribution >= 0.6 is 23.4 Å². The summed E-state index contributed by atoms with van der Waals surface area (Å²) in [4.78, 5) is 17.9. The lowest BCUT2D eigenvalue weighted by Gasteiger charge is -2.14. The molecule has 0 amide bonds. The van der Waals surface area contributed by atoms with Gasteiger partial charge in [0.1, 0.15) is 5.82 Å². The Hall–Kier alpha value is -0.940. The van der Waals surface area contributed by atoms with Gasteiger partial charge in [-0.3, -0.25) is 4.79 Å². The molecular weight excluding hydrogens is 260 g/mol. The van der Waals surface area contributed by atoms with E-state index in [9.17, 15) is 4.79 Å². The molecule has 0 saturated carbocycles. The van der Waals surface area contributed by atoms with Crippen molar-refractivity contribution in [3.8, 4) is 0 Å². The summed E-state index contributed by atoms with van der Waals surface area (Å²) in [6.07, 6.45) is 2.08. The Morgan fingerprint density at radius 3 is 2.88 bits per heavy atom. The summed E-state index contributed by atoms with van der Waals surface area (Å²) in [6, 6.07) is 1.84. The van der Waals surface area contributed by atoms with Gasteiger partial charge >= 0.3 is 5.97 Å². The molecule has 6 heteroatoms. The third kappa shape index (κ3) is 4.09. The van der Waals surface area contributed by atoms with Gasteiger partial charge in [0.15, 0.2) is 0 Å². The second-order valence-corrected chi connectivity index (χ2v) is 5.03. The van der Waals surface area contributed by atoms with E-state index in [1.165, 1.54) is 18.9 Å². The van der Waals surface area contributed by atoms with Crippen molar-refractivity contribution in [2.75, 3.05) is 31.9 Å². The van der Waals surface area contributed by atoms with Crippen LogP contribution in [-0.2, 0) is 9.53 Å². The highest BCUT2D eigenvalue weighted by Gasteiger charge is 2.10. The number of hydrogen-bond donors (Lipinski definition) is 0. The van der Waals surface area contributed by atoms with Crippen LogP contribution in [0.4, 0.5) is 5.82 Å². The van der Waals surface area contributed by atoms with Gasteiger partial charge in [-0.1, -0.05) is 11.6 Å². The molecule has 0 aliphatic heterocycles. The molecule has 0 spiro atoms. The minimum absolute atomic E-state index is 0.212. The normalized spacial score (nSPS) is 10.1. The summed E-state index contributed by atoms with van der Waals surface area (Å²) >= 11 is 7.73. The van der Waals surface area contributed by atoms with E-state index < -0.39 is 0 Å². The molecule has 0 radical (unpaired) electrons. The number of carbonyl (C=O) groups excluding carboxylic acids is 1. The number of halogens is 1. The van der Waals surface area contributed by atoms with Crippen LogP contribution in [-0.4, -0.2) is 37.9 Å². The number of rotatable bonds is 5. The molecule has 4 nitrogen and oxygen atoms in total. The molecule has 17 heavy (non-hydrogen) atoms. The number of hydrogen-bond acceptors (Lipinski definition) is 5. The molecule has 0 bridgehead atoms. The maximum absolute atomic E-state index is 11.0. The first-order chi connectivity index (χ1) is 8.06. The van der Waals surface area contributed by atoms with Crippen molar-refractivity contribution >= 4 is 35.1 Å². The Bertz CT molecular complexity index is 399. The van der Waals surface area contributed by atoms with E-state index in [0.717, 1.165) is 10.7 Å². The number of ether oxygens (including phenoxy) is 1. The van der Waals surface area contributed by atoms with Crippen LogP contribution in [0.5, 0.6) is 0 Å². The first-order valence-electron chi connectivity index (χ1n) is 5.07. The lowest BCUT2D eigenvalue weighted by atomic mass is 10.4. The van der Waals surface area contributed by atoms with Gasteiger partial charge in [-0.05, 0) is 6.07 Å². The van der Waals surface area contributed by atoms with Crippen molar-refractivity contribution < 1.29 is 9.53 Å². The Morgan fingerprint density at radius 2 is 2.29 bits per heavy atom. The predicted octanol–water partition coefficient (Wildman–Crippen LogP) is 2.46. The monoisotopic (exact) mass is 274 g/mol. The molecular formula is C11H15ClN2O2S. The SMILES string of the molecule is COC(=O)CCSc1ccnc(N(C)C)c1Cl. The molecule has 0 saturated heterocycles. The number of anilines is 1. The number of methoxy groups -OCH3 is 1. The third-order valence-corrected chi connectivity index (χ3v) is 3.59. The van der Waals surface area contributed by atoms with Crippen LogP contribution in [0, 0.1) is 0 Å². The summed E-state index contributed by atoms with van der Waals surface area (Å²) in [7, 11) is 5.16. The van der Waals surface area contributed by atoms with Gasteiger partial charge in [0.25, 0.3) is 0 Å². The first-order valence-corrected chi connectivity index (χ1v) is 6.44. The first kappa shape index (κ1) is 14.1. The summed E-state index contributed by atoms with van der Waals surface area (Å²) in [5, 5.41) is 0.618. The Labute approximate surface area is 110 Å². The molecule has 94 valence electrons. The van der Waals surface area contributed by atoms with Gasteiger partial charge in [0, 0.05) is 30.9 Å². The van der Waals surface area contributed by atoms with Crippen molar-refractivity contribution in [3.05, 3.63) is 17.3 Å². The highest BCUT2D eigenvalue weighted by molar-refractivity contribution is 7.99. The van der Waals surface area contributed by atoms with Crippen molar-refractivity contribution in [2.45, 2.75) is 11.3 Å². The Kier molecular flexibility index (Phi) is 5.58. The number of nitrogens with zero attached hydrogens (tertiary/aromatic N) is 2. The van der Waals surface area contributed by atoms with Crippen LogP contribution in [0.15, 0.2) is 17.2 Å². The van der Waals surface area contributed by atoms with E-state index >= 15 is 0 Å². The molecule has 1 heterocycles. The quantitative estimate of drug-likeness (QED) is 0.609. The maximum atomic E-state index is 11.0. The smallest absolute Gasteiger partial charge is 0.306 e. The van der Waals surface area contributed by atoms with Crippen LogP contribution in [0.1, 0.15) is 6.42 Å². The van der Waals surface area contributed by atoms with Crippen molar-refractivity contribution in [1.29, 1.82) is 0 Å². The number of esters is 1. The number of pyridine rings is 1. The molecule has 0 unspecified atom stereocenters. The van der Waals surface area contributed by atoms with Crippen molar-refractivity contribution in [3.63, 3.8) is 0 Å². The topological polar surface area (TPSA) is 42.4 Å². The summed E-state index contributed by atoms with van der Waals surface area (Å²) in [5.74, 6) is 1.16. The number of aromatic nitrogens is 1. The zero-order valence-electron chi connectivity index (χ0n) is 10.1. The second kappa shape index (κ2) is 6.71. The van der Waals surface area contributed by atoms with E-state index in [-0.39, 0.29) is 5.97 Å². The standard InChI is InChI=1S/C11H15ClN2O2S/c1-14(2)11-10(12)8(4-6-13-11)17-7-5-9(15)16-3/h4,6H,5,7H2,1-3H3. The second-order valence-electron chi connectivity index (χ2n) is 3.52. The summed E-state index contributed by atoms with van der Waals surface area (Å²) < 4.78 is 4.57. The fourth-order valence-corrected chi connectivity index (χ4v) is 2.49. The van der Waals surface area contributed by atoms with E-state index in [4.69, 9.17) is 11.6 Å². The fourth-order valence-electron chi connectivity index (χ4n) is 1.19. The Morgan fingerprint density at radius 1 is 1.59 bits per heavy atom. The zero-order chi connectivity index (χ0) is 12.8. The molecule has 0 aromatic carbocycles. The fraction of sp³-hybridized carbons (Fsp3) is 0.455. The van der Waals surface area contributed by atoms with E-state index in [1.54, 1.807) is 6.20 Å². The zero-order valence-corrected chi connectivity index (χ0v) is 11.6. The molecule has 1 rings (SSSR count). The lowest BCUT2D eigenvalue weighted by molar-refractivity contribution is -0.140. The van der Waals surface area contributed by atoms with Crippen LogP contribution in [0.3, 0.4) is 0 Å². The van der Waals surface area contributed by atoms with Gasteiger partial charge in [0.2, 0.25) is 0 Å². The molecule has 1 aromatic rings. The van der Waals surface area contributed by atoms with Gasteiger partial charge in [-0.15, -0.1) is 11.8 Å².